The van der Waals surface area contributed by atoms with Crippen LogP contribution in [0, 0.1) is 6.92 Å². The van der Waals surface area contributed by atoms with Crippen molar-refractivity contribution in [2.24, 2.45) is 11.5 Å². The number of methoxy groups -OCH3 is 1. The molecule has 11 heteroatoms. The Balaban J connectivity index is 2.08. The number of nitrogens with zero attached hydrogens (tertiary/aromatic N) is 4. The van der Waals surface area contributed by atoms with E-state index in [9.17, 15) is 9.59 Å². The van der Waals surface area contributed by atoms with E-state index in [2.05, 4.69) is 15.4 Å². The molecule has 2 aromatic heterocycles. The number of fused-ring (bicyclic) bond motifs is 1. The van der Waals surface area contributed by atoms with Gasteiger partial charge in [0.25, 0.3) is 5.91 Å². The first-order valence-corrected chi connectivity index (χ1v) is 11.1. The molecule has 3 rings (SSSR count). The first kappa shape index (κ1) is 24.9. The number of hydrogen-bond donors (Lipinski definition) is 3. The number of anilines is 1. The van der Waals surface area contributed by atoms with E-state index in [0.29, 0.717) is 67.7 Å². The first-order valence-electron chi connectivity index (χ1n) is 11.1. The number of hydrogen-bond acceptors (Lipinski definition) is 7. The minimum atomic E-state index is -0.603. The number of ether oxygens (including phenoxy) is 2. The number of aromatic nitrogens is 4. The Kier molecular flexibility index (Phi) is 8.39. The number of carbonyl (C=O) groups excluding carboxylic acids is 2. The van der Waals surface area contributed by atoms with Crippen LogP contribution in [-0.4, -0.2) is 58.0 Å². The van der Waals surface area contributed by atoms with Crippen molar-refractivity contribution >= 4 is 28.8 Å². The van der Waals surface area contributed by atoms with Gasteiger partial charge in [0.2, 0.25) is 11.9 Å². The second-order valence-electron chi connectivity index (χ2n) is 7.60. The number of rotatable bonds is 12. The number of aryl methyl sites for hydroxylation is 2. The SMILES string of the molecule is CCn1nc(C)cc1C(=O)Nc1nc2cc(C(N)=O)cc(OCCCOC)c2n1C/C=C/CN. The highest BCUT2D eigenvalue weighted by Crippen LogP contribution is 2.31. The molecule has 182 valence electrons. The minimum absolute atomic E-state index is 0.258. The van der Waals surface area contributed by atoms with Crippen LogP contribution in [0.2, 0.25) is 0 Å². The van der Waals surface area contributed by atoms with E-state index in [-0.39, 0.29) is 11.5 Å². The Morgan fingerprint density at radius 1 is 1.21 bits per heavy atom. The van der Waals surface area contributed by atoms with E-state index in [1.54, 1.807) is 34.6 Å². The monoisotopic (exact) mass is 469 g/mol. The van der Waals surface area contributed by atoms with Crippen LogP contribution in [0.15, 0.2) is 30.4 Å². The molecule has 0 bridgehead atoms. The summed E-state index contributed by atoms with van der Waals surface area (Å²) < 4.78 is 14.5. The lowest BCUT2D eigenvalue weighted by atomic mass is 10.1. The molecule has 11 nitrogen and oxygen atoms in total. The number of allylic oxidation sites excluding steroid dienone is 1. The second kappa shape index (κ2) is 11.4. The topological polar surface area (TPSA) is 152 Å². The summed E-state index contributed by atoms with van der Waals surface area (Å²) in [5.74, 6) is -0.217. The summed E-state index contributed by atoms with van der Waals surface area (Å²) in [6.45, 7) is 5.93. The predicted octanol–water partition coefficient (Wildman–Crippen LogP) is 1.84. The average Bonchev–Trinajstić information content (AvgIpc) is 3.36. The smallest absolute Gasteiger partial charge is 0.276 e. The Labute approximate surface area is 197 Å². The largest absolute Gasteiger partial charge is 0.491 e. The fourth-order valence-corrected chi connectivity index (χ4v) is 3.55. The molecule has 5 N–H and O–H groups in total. The number of nitrogens with two attached hydrogens (primary N) is 2. The van der Waals surface area contributed by atoms with Gasteiger partial charge in [-0.1, -0.05) is 12.2 Å². The van der Waals surface area contributed by atoms with E-state index in [1.165, 1.54) is 0 Å². The summed E-state index contributed by atoms with van der Waals surface area (Å²) in [6, 6.07) is 4.89. The van der Waals surface area contributed by atoms with Crippen LogP contribution in [0.1, 0.15) is 39.9 Å². The lowest BCUT2D eigenvalue weighted by Crippen LogP contribution is -2.20. The van der Waals surface area contributed by atoms with E-state index < -0.39 is 5.91 Å². The second-order valence-corrected chi connectivity index (χ2v) is 7.60. The zero-order valence-corrected chi connectivity index (χ0v) is 19.7. The predicted molar refractivity (Wildman–Crippen MR) is 129 cm³/mol. The summed E-state index contributed by atoms with van der Waals surface area (Å²) in [4.78, 5) is 29.6. The van der Waals surface area contributed by atoms with Crippen LogP contribution in [0.5, 0.6) is 5.75 Å². The van der Waals surface area contributed by atoms with Gasteiger partial charge in [-0.25, -0.2) is 4.98 Å². The van der Waals surface area contributed by atoms with Crippen LogP contribution in [0.3, 0.4) is 0 Å². The summed E-state index contributed by atoms with van der Waals surface area (Å²) in [5.41, 5.74) is 13.6. The number of carbonyl (C=O) groups is 2. The number of amides is 2. The fourth-order valence-electron chi connectivity index (χ4n) is 3.55. The van der Waals surface area contributed by atoms with Gasteiger partial charge in [-0.05, 0) is 32.0 Å². The summed E-state index contributed by atoms with van der Waals surface area (Å²) >= 11 is 0. The third kappa shape index (κ3) is 5.61. The van der Waals surface area contributed by atoms with E-state index in [0.717, 1.165) is 5.69 Å². The highest BCUT2D eigenvalue weighted by atomic mass is 16.5. The Morgan fingerprint density at radius 2 is 2.00 bits per heavy atom. The van der Waals surface area contributed by atoms with E-state index >= 15 is 0 Å². The Morgan fingerprint density at radius 3 is 2.68 bits per heavy atom. The standard InChI is InChI=1S/C23H31N7O4/c1-4-30-18(12-15(2)28-30)22(32)27-23-26-17-13-16(21(25)31)14-19(34-11-7-10-33-3)20(17)29(23)9-6-5-8-24/h5-6,12-14H,4,7-11,24H2,1-3H3,(H2,25,31)(H,26,27,32)/b6-5+. The number of imidazole rings is 1. The van der Waals surface area contributed by atoms with Crippen molar-refractivity contribution in [1.29, 1.82) is 0 Å². The third-order valence-electron chi connectivity index (χ3n) is 5.09. The number of nitrogens with one attached hydrogen (secondary N) is 1. The molecule has 0 spiro atoms. The molecule has 0 radical (unpaired) electrons. The molecule has 0 unspecified atom stereocenters. The maximum absolute atomic E-state index is 13.1. The molecule has 0 aliphatic heterocycles. The molecule has 34 heavy (non-hydrogen) atoms. The van der Waals surface area contributed by atoms with E-state index in [4.69, 9.17) is 20.9 Å². The van der Waals surface area contributed by atoms with Crippen LogP contribution in [0.25, 0.3) is 11.0 Å². The van der Waals surface area contributed by atoms with Gasteiger partial charge < -0.3 is 25.5 Å². The number of primary amides is 1. The van der Waals surface area contributed by atoms with Crippen molar-refractivity contribution in [1.82, 2.24) is 19.3 Å². The summed E-state index contributed by atoms with van der Waals surface area (Å²) in [7, 11) is 1.62. The van der Waals surface area contributed by atoms with E-state index in [1.807, 2.05) is 26.0 Å². The average molecular weight is 470 g/mol. The van der Waals surface area contributed by atoms with Crippen molar-refractivity contribution in [3.63, 3.8) is 0 Å². The Bertz CT molecular complexity index is 1200. The van der Waals surface area contributed by atoms with Gasteiger partial charge in [0.05, 0.1) is 17.8 Å². The molecule has 2 amide bonds. The van der Waals surface area contributed by atoms with Gasteiger partial charge in [0, 0.05) is 45.3 Å². The zero-order valence-electron chi connectivity index (χ0n) is 19.7. The van der Waals surface area contributed by atoms with Crippen molar-refractivity contribution in [2.75, 3.05) is 32.2 Å². The molecule has 1 aromatic carbocycles. The van der Waals surface area contributed by atoms with Crippen LogP contribution in [-0.2, 0) is 17.8 Å². The third-order valence-corrected chi connectivity index (χ3v) is 5.09. The van der Waals surface area contributed by atoms with Gasteiger partial charge in [-0.15, -0.1) is 0 Å². The van der Waals surface area contributed by atoms with Crippen molar-refractivity contribution in [3.05, 3.63) is 47.3 Å². The van der Waals surface area contributed by atoms with Crippen molar-refractivity contribution in [3.8, 4) is 5.75 Å². The maximum Gasteiger partial charge on any atom is 0.276 e. The van der Waals surface area contributed by atoms with Crippen molar-refractivity contribution in [2.45, 2.75) is 33.4 Å². The van der Waals surface area contributed by atoms with Gasteiger partial charge in [0.15, 0.2) is 0 Å². The van der Waals surface area contributed by atoms with Gasteiger partial charge in [-0.3, -0.25) is 19.6 Å². The minimum Gasteiger partial charge on any atom is -0.491 e. The number of benzene rings is 1. The molecule has 3 aromatic rings. The van der Waals surface area contributed by atoms with Gasteiger partial charge >= 0.3 is 0 Å². The quantitative estimate of drug-likeness (QED) is 0.270. The summed E-state index contributed by atoms with van der Waals surface area (Å²) in [5, 5.41) is 7.21. The Hall–Kier alpha value is -3.70. The first-order chi connectivity index (χ1) is 16.4. The molecule has 0 saturated carbocycles. The zero-order chi connectivity index (χ0) is 24.7. The van der Waals surface area contributed by atoms with Crippen LogP contribution >= 0.6 is 0 Å². The molecule has 0 fully saturated rings. The lowest BCUT2D eigenvalue weighted by molar-refractivity contribution is 0.0995. The van der Waals surface area contributed by atoms with Crippen molar-refractivity contribution < 1.29 is 19.1 Å². The molecule has 0 aliphatic rings. The normalized spacial score (nSPS) is 11.4. The van der Waals surface area contributed by atoms with Gasteiger partial charge in [0.1, 0.15) is 17.0 Å². The molecule has 0 aliphatic carbocycles. The molecule has 2 heterocycles. The molecule has 0 saturated heterocycles. The van der Waals surface area contributed by atoms with Crippen LogP contribution in [0.4, 0.5) is 5.95 Å². The lowest BCUT2D eigenvalue weighted by Gasteiger charge is -2.13. The maximum atomic E-state index is 13.1. The highest BCUT2D eigenvalue weighted by molar-refractivity contribution is 6.04. The fraction of sp³-hybridized carbons (Fsp3) is 0.391. The summed E-state index contributed by atoms with van der Waals surface area (Å²) in [6.07, 6.45) is 4.34. The highest BCUT2D eigenvalue weighted by Gasteiger charge is 2.21. The molecular weight excluding hydrogens is 438 g/mol. The van der Waals surface area contributed by atoms with Gasteiger partial charge in [-0.2, -0.15) is 5.10 Å². The molecular formula is C23H31N7O4. The van der Waals surface area contributed by atoms with Crippen LogP contribution < -0.4 is 21.5 Å². The molecule has 0 atom stereocenters.